The predicted octanol–water partition coefficient (Wildman–Crippen LogP) is 2.42. The first-order chi connectivity index (χ1) is 9.24. The van der Waals surface area contributed by atoms with Crippen LogP contribution in [0.1, 0.15) is 11.1 Å². The minimum Gasteiger partial charge on any atom is -0.397 e. The van der Waals surface area contributed by atoms with Crippen LogP contribution in [0, 0.1) is 11.3 Å². The first kappa shape index (κ1) is 12.9. The molecule has 4 heteroatoms. The first-order valence-electron chi connectivity index (χ1n) is 6.00. The molecule has 0 spiro atoms. The average Bonchev–Trinajstić information content (AvgIpc) is 2.43. The number of aliphatic hydroxyl groups excluding tert-OH is 1. The summed E-state index contributed by atoms with van der Waals surface area (Å²) in [5.74, 6) is 0. The van der Waals surface area contributed by atoms with Crippen molar-refractivity contribution in [2.24, 2.45) is 0 Å². The third kappa shape index (κ3) is 3.03. The van der Waals surface area contributed by atoms with Gasteiger partial charge in [-0.1, -0.05) is 18.2 Å². The second-order valence-electron chi connectivity index (χ2n) is 4.17. The van der Waals surface area contributed by atoms with E-state index in [1.807, 2.05) is 30.3 Å². The van der Waals surface area contributed by atoms with Gasteiger partial charge in [0.1, 0.15) is 0 Å². The summed E-state index contributed by atoms with van der Waals surface area (Å²) in [6.07, 6.45) is 0.583. The van der Waals surface area contributed by atoms with Crippen LogP contribution in [0.5, 0.6) is 0 Å². The molecule has 96 valence electrons. The van der Waals surface area contributed by atoms with Gasteiger partial charge in [-0.05, 0) is 36.2 Å². The lowest BCUT2D eigenvalue weighted by atomic mass is 10.1. The average molecular weight is 253 g/mol. The molecular weight excluding hydrogens is 238 g/mol. The molecule has 0 saturated carbocycles. The van der Waals surface area contributed by atoms with E-state index in [2.05, 4.69) is 5.32 Å². The van der Waals surface area contributed by atoms with Crippen LogP contribution >= 0.6 is 0 Å². The Balaban J connectivity index is 2.29. The summed E-state index contributed by atoms with van der Waals surface area (Å²) in [5.41, 5.74) is 9.65. The Morgan fingerprint density at radius 3 is 2.63 bits per heavy atom. The van der Waals surface area contributed by atoms with E-state index in [4.69, 9.17) is 16.1 Å². The monoisotopic (exact) mass is 253 g/mol. The first-order valence-corrected chi connectivity index (χ1v) is 6.00. The molecule has 0 aromatic heterocycles. The highest BCUT2D eigenvalue weighted by atomic mass is 16.2. The number of aliphatic hydroxyl groups is 1. The molecule has 2 aromatic carbocycles. The number of para-hydroxylation sites is 1. The van der Waals surface area contributed by atoms with Crippen molar-refractivity contribution in [3.63, 3.8) is 0 Å². The predicted molar refractivity (Wildman–Crippen MR) is 76.1 cm³/mol. The number of nitrogens with two attached hydrogens (primary N) is 1. The van der Waals surface area contributed by atoms with Crippen LogP contribution < -0.4 is 11.1 Å². The van der Waals surface area contributed by atoms with Gasteiger partial charge in [0.25, 0.3) is 0 Å². The molecular formula is C15H15N3O. The fourth-order valence-electron chi connectivity index (χ4n) is 1.87. The number of nitriles is 1. The van der Waals surface area contributed by atoms with E-state index in [1.165, 1.54) is 0 Å². The molecule has 0 aliphatic heterocycles. The Morgan fingerprint density at radius 1 is 1.16 bits per heavy atom. The zero-order valence-electron chi connectivity index (χ0n) is 10.4. The van der Waals surface area contributed by atoms with Gasteiger partial charge in [0.15, 0.2) is 0 Å². The largest absolute Gasteiger partial charge is 0.397 e. The molecule has 0 atom stereocenters. The molecule has 0 saturated heterocycles. The lowest BCUT2D eigenvalue weighted by molar-refractivity contribution is 0.300. The zero-order valence-corrected chi connectivity index (χ0v) is 10.4. The highest BCUT2D eigenvalue weighted by Gasteiger charge is 2.05. The fraction of sp³-hybridized carbons (Fsp3) is 0.133. The van der Waals surface area contributed by atoms with Crippen LogP contribution in [0.3, 0.4) is 0 Å². The van der Waals surface area contributed by atoms with Gasteiger partial charge in [-0.25, -0.2) is 0 Å². The van der Waals surface area contributed by atoms with Crippen LogP contribution in [0.2, 0.25) is 0 Å². The standard InChI is InChI=1S/C15H15N3O/c16-10-11-5-6-15(13(17)9-11)18-14-4-2-1-3-12(14)7-8-19/h1-6,9,18-19H,7-8,17H2. The summed E-state index contributed by atoms with van der Waals surface area (Å²) < 4.78 is 0. The summed E-state index contributed by atoms with van der Waals surface area (Å²) in [4.78, 5) is 0. The van der Waals surface area contributed by atoms with Gasteiger partial charge in [-0.15, -0.1) is 0 Å². The zero-order chi connectivity index (χ0) is 13.7. The van der Waals surface area contributed by atoms with E-state index in [0.717, 1.165) is 16.9 Å². The van der Waals surface area contributed by atoms with E-state index in [-0.39, 0.29) is 6.61 Å². The fourth-order valence-corrected chi connectivity index (χ4v) is 1.87. The third-order valence-electron chi connectivity index (χ3n) is 2.85. The highest BCUT2D eigenvalue weighted by molar-refractivity contribution is 5.75. The Kier molecular flexibility index (Phi) is 4.01. The molecule has 0 bridgehead atoms. The van der Waals surface area contributed by atoms with Crippen molar-refractivity contribution in [3.8, 4) is 6.07 Å². The number of nitrogen functional groups attached to an aromatic ring is 1. The minimum atomic E-state index is 0.0988. The Morgan fingerprint density at radius 2 is 1.95 bits per heavy atom. The maximum absolute atomic E-state index is 9.04. The van der Waals surface area contributed by atoms with E-state index in [1.54, 1.807) is 18.2 Å². The van der Waals surface area contributed by atoms with Crippen LogP contribution in [0.15, 0.2) is 42.5 Å². The van der Waals surface area contributed by atoms with Crippen LogP contribution in [-0.2, 0) is 6.42 Å². The van der Waals surface area contributed by atoms with Crippen molar-refractivity contribution in [2.75, 3.05) is 17.7 Å². The van der Waals surface area contributed by atoms with Crippen molar-refractivity contribution in [1.29, 1.82) is 5.26 Å². The second kappa shape index (κ2) is 5.89. The molecule has 0 unspecified atom stereocenters. The van der Waals surface area contributed by atoms with Gasteiger partial charge in [0, 0.05) is 12.3 Å². The van der Waals surface area contributed by atoms with E-state index in [0.29, 0.717) is 17.7 Å². The van der Waals surface area contributed by atoms with Crippen molar-refractivity contribution in [1.82, 2.24) is 0 Å². The number of nitrogens with one attached hydrogen (secondary N) is 1. The molecule has 2 rings (SSSR count). The molecule has 2 aromatic rings. The van der Waals surface area contributed by atoms with Crippen LogP contribution in [0.4, 0.5) is 17.1 Å². The second-order valence-corrected chi connectivity index (χ2v) is 4.17. The van der Waals surface area contributed by atoms with Gasteiger partial charge >= 0.3 is 0 Å². The van der Waals surface area contributed by atoms with Gasteiger partial charge in [0.05, 0.1) is 23.0 Å². The third-order valence-corrected chi connectivity index (χ3v) is 2.85. The van der Waals surface area contributed by atoms with Crippen molar-refractivity contribution in [2.45, 2.75) is 6.42 Å². The number of hydrogen-bond donors (Lipinski definition) is 3. The Bertz CT molecular complexity index is 617. The maximum Gasteiger partial charge on any atom is 0.0992 e. The molecule has 4 N–H and O–H groups in total. The molecule has 0 aliphatic rings. The maximum atomic E-state index is 9.04. The van der Waals surface area contributed by atoms with Gasteiger partial charge in [0.2, 0.25) is 0 Å². The number of nitrogens with zero attached hydrogens (tertiary/aromatic N) is 1. The van der Waals surface area contributed by atoms with Crippen LogP contribution in [-0.4, -0.2) is 11.7 Å². The summed E-state index contributed by atoms with van der Waals surface area (Å²) in [7, 11) is 0. The quantitative estimate of drug-likeness (QED) is 0.731. The molecule has 0 aliphatic carbocycles. The summed E-state index contributed by atoms with van der Waals surface area (Å²) in [6.45, 7) is 0.0988. The number of hydrogen-bond acceptors (Lipinski definition) is 4. The highest BCUT2D eigenvalue weighted by Crippen LogP contribution is 2.26. The smallest absolute Gasteiger partial charge is 0.0992 e. The lowest BCUT2D eigenvalue weighted by Gasteiger charge is -2.13. The van der Waals surface area contributed by atoms with Crippen molar-refractivity contribution in [3.05, 3.63) is 53.6 Å². The SMILES string of the molecule is N#Cc1ccc(Nc2ccccc2CCO)c(N)c1. The Hall–Kier alpha value is -2.51. The normalized spacial score (nSPS) is 9.89. The van der Waals surface area contributed by atoms with Gasteiger partial charge in [-0.2, -0.15) is 5.26 Å². The van der Waals surface area contributed by atoms with E-state index >= 15 is 0 Å². The van der Waals surface area contributed by atoms with Gasteiger partial charge in [-0.3, -0.25) is 0 Å². The lowest BCUT2D eigenvalue weighted by Crippen LogP contribution is -2.01. The molecule has 19 heavy (non-hydrogen) atoms. The molecule has 4 nitrogen and oxygen atoms in total. The summed E-state index contributed by atoms with van der Waals surface area (Å²) in [5, 5.41) is 21.1. The Labute approximate surface area is 112 Å². The van der Waals surface area contributed by atoms with E-state index in [9.17, 15) is 0 Å². The topological polar surface area (TPSA) is 82.1 Å². The number of rotatable bonds is 4. The minimum absolute atomic E-state index is 0.0988. The van der Waals surface area contributed by atoms with Crippen LogP contribution in [0.25, 0.3) is 0 Å². The summed E-state index contributed by atoms with van der Waals surface area (Å²) >= 11 is 0. The molecule has 0 fully saturated rings. The number of anilines is 3. The molecule has 0 heterocycles. The van der Waals surface area contributed by atoms with Gasteiger partial charge < -0.3 is 16.2 Å². The molecule has 0 radical (unpaired) electrons. The van der Waals surface area contributed by atoms with Crippen molar-refractivity contribution >= 4 is 17.1 Å². The van der Waals surface area contributed by atoms with E-state index < -0.39 is 0 Å². The summed E-state index contributed by atoms with van der Waals surface area (Å²) in [6, 6.07) is 14.9. The van der Waals surface area contributed by atoms with Crippen molar-refractivity contribution < 1.29 is 5.11 Å². The number of benzene rings is 2. The molecule has 0 amide bonds.